The van der Waals surface area contributed by atoms with Crippen LogP contribution in [0.3, 0.4) is 0 Å². The predicted molar refractivity (Wildman–Crippen MR) is 109 cm³/mol. The van der Waals surface area contributed by atoms with Gasteiger partial charge in [0.25, 0.3) is 0 Å². The van der Waals surface area contributed by atoms with Gasteiger partial charge < -0.3 is 10.1 Å². The molecule has 0 fully saturated rings. The first-order valence-electron chi connectivity index (χ1n) is 8.72. The van der Waals surface area contributed by atoms with E-state index in [2.05, 4.69) is 21.9 Å². The van der Waals surface area contributed by atoms with Crippen LogP contribution < -0.4 is 5.32 Å². The molecule has 5 nitrogen and oxygen atoms in total. The Balaban J connectivity index is 2.92. The first kappa shape index (κ1) is 22.3. The minimum Gasteiger partial charge on any atom is -0.483 e. The lowest BCUT2D eigenvalue weighted by Crippen LogP contribution is -2.39. The lowest BCUT2D eigenvalue weighted by molar-refractivity contribution is -0.117. The second kappa shape index (κ2) is 10.4. The van der Waals surface area contributed by atoms with Gasteiger partial charge in [0.05, 0.1) is 12.8 Å². The number of benzene rings is 1. The molecule has 0 saturated heterocycles. The molecule has 0 saturated carbocycles. The van der Waals surface area contributed by atoms with Crippen LogP contribution in [0, 0.1) is 11.7 Å². The number of rotatable bonds is 7. The Labute approximate surface area is 160 Å². The average molecular weight is 373 g/mol. The summed E-state index contributed by atoms with van der Waals surface area (Å²) in [5, 5.41) is 2.83. The third-order valence-electron chi connectivity index (χ3n) is 3.90. The van der Waals surface area contributed by atoms with E-state index in [1.54, 1.807) is 39.1 Å². The molecule has 0 aliphatic heterocycles. The fourth-order valence-corrected chi connectivity index (χ4v) is 2.33. The summed E-state index contributed by atoms with van der Waals surface area (Å²) in [7, 11) is 3.16. The second-order valence-corrected chi connectivity index (χ2v) is 6.44. The van der Waals surface area contributed by atoms with E-state index in [1.807, 2.05) is 13.8 Å². The van der Waals surface area contributed by atoms with Crippen molar-refractivity contribution < 1.29 is 13.9 Å². The number of halogens is 1. The summed E-state index contributed by atoms with van der Waals surface area (Å²) >= 11 is 0. The molecule has 0 spiro atoms. The van der Waals surface area contributed by atoms with E-state index in [4.69, 9.17) is 4.74 Å². The summed E-state index contributed by atoms with van der Waals surface area (Å²) in [5.74, 6) is -0.117. The molecule has 0 unspecified atom stereocenters. The highest BCUT2D eigenvalue weighted by Gasteiger charge is 2.17. The van der Waals surface area contributed by atoms with Gasteiger partial charge in [-0.3, -0.25) is 9.79 Å². The van der Waals surface area contributed by atoms with Crippen LogP contribution in [0.5, 0.6) is 0 Å². The van der Waals surface area contributed by atoms with Crippen molar-refractivity contribution in [2.45, 2.75) is 33.7 Å². The topological polar surface area (TPSA) is 63.0 Å². The standard InChI is InChI=1S/C21H28FN3O2/c1-13(2)19(23-6)11-14(3)20(26)24-16(5)21(27-7)25-15(4)17-9-8-10-18(22)12-17/h8-13,16H,4H2,1-3,5-7H3,(H,24,26)/b14-11+,23-19?,25-21?/t16-/m0/s1. The molecular weight excluding hydrogens is 345 g/mol. The number of carbonyl (C=O) groups is 1. The van der Waals surface area contributed by atoms with Crippen LogP contribution in [-0.2, 0) is 9.53 Å². The Bertz CT molecular complexity index is 779. The van der Waals surface area contributed by atoms with Gasteiger partial charge in [0.1, 0.15) is 11.9 Å². The van der Waals surface area contributed by atoms with Gasteiger partial charge in [-0.05, 0) is 38.0 Å². The van der Waals surface area contributed by atoms with Gasteiger partial charge in [0, 0.05) is 23.9 Å². The number of amides is 1. The number of nitrogens with zero attached hydrogens (tertiary/aromatic N) is 2. The summed E-state index contributed by atoms with van der Waals surface area (Å²) in [6.45, 7) is 11.4. The molecule has 0 aliphatic rings. The number of nitrogens with one attached hydrogen (secondary N) is 1. The second-order valence-electron chi connectivity index (χ2n) is 6.44. The van der Waals surface area contributed by atoms with E-state index in [0.717, 1.165) is 5.71 Å². The molecular formula is C21H28FN3O2. The van der Waals surface area contributed by atoms with Crippen LogP contribution in [0.25, 0.3) is 5.70 Å². The molecule has 1 N–H and O–H groups in total. The molecule has 1 aromatic carbocycles. The molecule has 0 heterocycles. The zero-order valence-electron chi connectivity index (χ0n) is 16.8. The molecule has 0 aliphatic carbocycles. The van der Waals surface area contributed by atoms with Crippen LogP contribution in [0.4, 0.5) is 4.39 Å². The van der Waals surface area contributed by atoms with Crippen molar-refractivity contribution in [3.05, 3.63) is 53.9 Å². The fraction of sp³-hybridized carbons (Fsp3) is 0.381. The Morgan fingerprint density at radius 2 is 2.00 bits per heavy atom. The Morgan fingerprint density at radius 3 is 2.52 bits per heavy atom. The maximum atomic E-state index is 13.4. The lowest BCUT2D eigenvalue weighted by atomic mass is 10.1. The predicted octanol–water partition coefficient (Wildman–Crippen LogP) is 4.02. The van der Waals surface area contributed by atoms with Crippen molar-refractivity contribution in [1.82, 2.24) is 5.32 Å². The molecule has 0 radical (unpaired) electrons. The fourth-order valence-electron chi connectivity index (χ4n) is 2.33. The van der Waals surface area contributed by atoms with Crippen LogP contribution in [-0.4, -0.2) is 37.7 Å². The highest BCUT2D eigenvalue weighted by Crippen LogP contribution is 2.16. The van der Waals surface area contributed by atoms with E-state index in [-0.39, 0.29) is 23.5 Å². The average Bonchev–Trinajstić information content (AvgIpc) is 2.63. The maximum Gasteiger partial charge on any atom is 0.247 e. The third kappa shape index (κ3) is 6.81. The zero-order chi connectivity index (χ0) is 20.6. The Morgan fingerprint density at radius 1 is 1.33 bits per heavy atom. The van der Waals surface area contributed by atoms with Gasteiger partial charge in [0.15, 0.2) is 0 Å². The normalized spacial score (nSPS) is 14.1. The van der Waals surface area contributed by atoms with Crippen LogP contribution >= 0.6 is 0 Å². The molecule has 1 amide bonds. The molecule has 0 bridgehead atoms. The van der Waals surface area contributed by atoms with E-state index in [1.165, 1.54) is 19.2 Å². The van der Waals surface area contributed by atoms with Crippen molar-refractivity contribution in [2.24, 2.45) is 15.9 Å². The minimum absolute atomic E-state index is 0.223. The Kier molecular flexibility index (Phi) is 8.59. The van der Waals surface area contributed by atoms with Gasteiger partial charge in [-0.1, -0.05) is 32.6 Å². The van der Waals surface area contributed by atoms with Gasteiger partial charge in [-0.2, -0.15) is 0 Å². The van der Waals surface area contributed by atoms with Gasteiger partial charge in [0.2, 0.25) is 11.8 Å². The molecule has 6 heteroatoms. The zero-order valence-corrected chi connectivity index (χ0v) is 16.8. The quantitative estimate of drug-likeness (QED) is 0.446. The van der Waals surface area contributed by atoms with Gasteiger partial charge >= 0.3 is 0 Å². The van der Waals surface area contributed by atoms with Gasteiger partial charge in [-0.25, -0.2) is 9.38 Å². The molecule has 27 heavy (non-hydrogen) atoms. The molecule has 146 valence electrons. The SMILES string of the molecule is C=C(N=C(OC)[C@H](C)NC(=O)/C(C)=C/C(=NC)C(C)C)c1cccc(F)c1. The Hall–Kier alpha value is -2.76. The molecule has 1 aromatic rings. The minimum atomic E-state index is -0.489. The van der Waals surface area contributed by atoms with Crippen LogP contribution in [0.2, 0.25) is 0 Å². The van der Waals surface area contributed by atoms with Crippen LogP contribution in [0.1, 0.15) is 33.3 Å². The summed E-state index contributed by atoms with van der Waals surface area (Å²) in [6.07, 6.45) is 1.77. The molecule has 1 atom stereocenters. The number of hydrogen-bond donors (Lipinski definition) is 1. The highest BCUT2D eigenvalue weighted by atomic mass is 19.1. The third-order valence-corrected chi connectivity index (χ3v) is 3.90. The summed E-state index contributed by atoms with van der Waals surface area (Å²) in [6, 6.07) is 5.49. The lowest BCUT2D eigenvalue weighted by Gasteiger charge is -2.16. The first-order chi connectivity index (χ1) is 12.7. The number of carbonyl (C=O) groups excluding carboxylic acids is 1. The van der Waals surface area contributed by atoms with E-state index in [0.29, 0.717) is 16.8 Å². The molecule has 1 rings (SSSR count). The first-order valence-corrected chi connectivity index (χ1v) is 8.72. The maximum absolute atomic E-state index is 13.4. The summed E-state index contributed by atoms with van der Waals surface area (Å²) in [4.78, 5) is 20.9. The van der Waals surface area contributed by atoms with Crippen LogP contribution in [0.15, 0.2) is 52.5 Å². The van der Waals surface area contributed by atoms with E-state index in [9.17, 15) is 9.18 Å². The summed E-state index contributed by atoms with van der Waals surface area (Å²) in [5.41, 5.74) is 2.27. The van der Waals surface area contributed by atoms with E-state index >= 15 is 0 Å². The number of methoxy groups -OCH3 is 1. The van der Waals surface area contributed by atoms with E-state index < -0.39 is 6.04 Å². The number of aliphatic imine (C=N–C) groups is 2. The van der Waals surface area contributed by atoms with Crippen molar-refractivity contribution in [3.8, 4) is 0 Å². The smallest absolute Gasteiger partial charge is 0.247 e. The number of allylic oxidation sites excluding steroid dienone is 1. The molecule has 0 aromatic heterocycles. The monoisotopic (exact) mass is 373 g/mol. The van der Waals surface area contributed by atoms with Crippen molar-refractivity contribution in [2.75, 3.05) is 14.2 Å². The largest absolute Gasteiger partial charge is 0.483 e. The van der Waals surface area contributed by atoms with Gasteiger partial charge in [-0.15, -0.1) is 0 Å². The number of ether oxygens (including phenoxy) is 1. The summed E-state index contributed by atoms with van der Waals surface area (Å²) < 4.78 is 18.7. The van der Waals surface area contributed by atoms with Crippen molar-refractivity contribution in [3.63, 3.8) is 0 Å². The van der Waals surface area contributed by atoms with Crippen molar-refractivity contribution in [1.29, 1.82) is 0 Å². The number of hydrogen-bond acceptors (Lipinski definition) is 4. The highest BCUT2D eigenvalue weighted by molar-refractivity contribution is 6.05. The van der Waals surface area contributed by atoms with Crippen molar-refractivity contribution >= 4 is 23.2 Å².